The van der Waals surface area contributed by atoms with Gasteiger partial charge in [-0.25, -0.2) is 0 Å². The molecule has 1 aromatic heterocycles. The number of fused-ring (bicyclic) bond motifs is 7. The molecule has 8 nitrogen and oxygen atoms in total. The molecule has 0 aliphatic heterocycles. The molecule has 0 saturated heterocycles. The smallest absolute Gasteiger partial charge is 0.309 e. The van der Waals surface area contributed by atoms with Crippen LogP contribution in [0.1, 0.15) is 139 Å². The van der Waals surface area contributed by atoms with Crippen molar-refractivity contribution >= 4 is 17.7 Å². The summed E-state index contributed by atoms with van der Waals surface area (Å²) >= 11 is 0. The number of hydrogen-bond acceptors (Lipinski definition) is 7. The zero-order valence-corrected chi connectivity index (χ0v) is 36.2. The van der Waals surface area contributed by atoms with Crippen molar-refractivity contribution in [3.8, 4) is 0 Å². The van der Waals surface area contributed by atoms with Crippen LogP contribution in [0.5, 0.6) is 0 Å². The minimum atomic E-state index is -1.15. The second-order valence-corrected chi connectivity index (χ2v) is 21.3. The summed E-state index contributed by atoms with van der Waals surface area (Å²) in [6.07, 6.45) is 11.9. The van der Waals surface area contributed by atoms with Crippen molar-refractivity contribution in [1.29, 1.82) is 0 Å². The highest BCUT2D eigenvalue weighted by Gasteiger charge is 2.70. The Bertz CT molecular complexity index is 1650. The third-order valence-electron chi connectivity index (χ3n) is 16.8. The fourth-order valence-corrected chi connectivity index (χ4v) is 13.6. The number of allylic oxidation sites excluding steroid dienone is 2. The lowest BCUT2D eigenvalue weighted by atomic mass is 9.33. The predicted molar refractivity (Wildman–Crippen MR) is 218 cm³/mol. The van der Waals surface area contributed by atoms with Crippen LogP contribution >= 0.6 is 0 Å². The van der Waals surface area contributed by atoms with Gasteiger partial charge >= 0.3 is 11.9 Å². The van der Waals surface area contributed by atoms with Gasteiger partial charge in [-0.3, -0.25) is 24.3 Å². The molecule has 4 fully saturated rings. The number of hydrogen-bond donors (Lipinski definition) is 1. The minimum absolute atomic E-state index is 0.0647. The molecule has 1 unspecified atom stereocenters. The number of likely N-dealkylation sites (N-methyl/N-ethyl adjacent to an activating group) is 1. The fraction of sp³-hybridized carbons (Fsp3) is 0.787. The molecule has 5 aliphatic carbocycles. The van der Waals surface area contributed by atoms with Crippen LogP contribution in [0.2, 0.25) is 0 Å². The first-order valence-corrected chi connectivity index (χ1v) is 21.6. The Kier molecular flexibility index (Phi) is 11.4. The SMILES string of the molecule is CC(C)C1=C2[C@H]3CC[C@@H]4[C@@]5(C)CC[C@H](OC(=O)CC(C)(C)C(=O)O)C(C)(C)[C@@H]5CC[C@@]4(C)[C@]3(C)CCC2(CCN(CCN(C)C)Cc2ccccn2)CC1=O. The molecule has 306 valence electrons. The van der Waals surface area contributed by atoms with E-state index in [1.807, 2.05) is 12.3 Å². The molecule has 1 aromatic rings. The standard InChI is InChI=1S/C47H73N3O5/c1-31(2)39-34(51)28-47(23-25-50(27-26-49(10)11)30-32-14-12-13-24-48-32)22-21-45(8)33(40(39)47)15-16-36-44(7)19-18-37(55-38(52)29-42(3,4)41(53)54)43(5,6)35(44)17-20-46(36,45)9/h12-14,24,31,33,35-37H,15-23,25-30H2,1-11H3,(H,53,54)/t33-,35+,36-,37+,44+,45-,46-,47?/m1/s1. The Morgan fingerprint density at radius 1 is 0.927 bits per heavy atom. The number of aliphatic carboxylic acids is 1. The summed E-state index contributed by atoms with van der Waals surface area (Å²) in [7, 11) is 4.28. The first-order valence-electron chi connectivity index (χ1n) is 21.6. The molecule has 8 atom stereocenters. The van der Waals surface area contributed by atoms with E-state index in [-0.39, 0.29) is 45.5 Å². The fourth-order valence-electron chi connectivity index (χ4n) is 13.6. The van der Waals surface area contributed by atoms with E-state index < -0.39 is 17.4 Å². The normalized spacial score (nSPS) is 35.7. The van der Waals surface area contributed by atoms with E-state index in [0.717, 1.165) is 88.8 Å². The lowest BCUT2D eigenvalue weighted by Crippen LogP contribution is -2.65. The van der Waals surface area contributed by atoms with Crippen LogP contribution < -0.4 is 0 Å². The highest BCUT2D eigenvalue weighted by atomic mass is 16.5. The number of carbonyl (C=O) groups excluding carboxylic acids is 2. The second kappa shape index (κ2) is 15.0. The number of carbonyl (C=O) groups is 3. The molecule has 5 aliphatic rings. The summed E-state index contributed by atoms with van der Waals surface area (Å²) in [6, 6.07) is 6.20. The molecule has 0 amide bonds. The Balaban J connectivity index is 1.26. The van der Waals surface area contributed by atoms with Crippen molar-refractivity contribution in [2.24, 2.45) is 56.2 Å². The number of rotatable bonds is 13. The maximum absolute atomic E-state index is 14.3. The van der Waals surface area contributed by atoms with Crippen LogP contribution in [-0.2, 0) is 25.7 Å². The van der Waals surface area contributed by atoms with Crippen molar-refractivity contribution in [3.05, 3.63) is 41.2 Å². The molecule has 0 radical (unpaired) electrons. The summed E-state index contributed by atoms with van der Waals surface area (Å²) < 4.78 is 6.21. The number of carboxylic acids is 1. The maximum atomic E-state index is 14.3. The van der Waals surface area contributed by atoms with Gasteiger partial charge in [-0.05, 0) is 150 Å². The van der Waals surface area contributed by atoms with Crippen LogP contribution in [0.15, 0.2) is 35.5 Å². The van der Waals surface area contributed by atoms with Crippen LogP contribution in [0.3, 0.4) is 0 Å². The monoisotopic (exact) mass is 760 g/mol. The van der Waals surface area contributed by atoms with Crippen molar-refractivity contribution in [3.63, 3.8) is 0 Å². The Morgan fingerprint density at radius 2 is 1.65 bits per heavy atom. The van der Waals surface area contributed by atoms with Crippen molar-refractivity contribution in [2.75, 3.05) is 33.7 Å². The highest BCUT2D eigenvalue weighted by Crippen LogP contribution is 2.77. The first-order chi connectivity index (χ1) is 25.6. The number of pyridine rings is 1. The largest absolute Gasteiger partial charge is 0.481 e. The number of ether oxygens (including phenoxy) is 1. The van der Waals surface area contributed by atoms with Gasteiger partial charge in [0.15, 0.2) is 5.78 Å². The summed E-state index contributed by atoms with van der Waals surface area (Å²) in [6.45, 7) is 23.9. The van der Waals surface area contributed by atoms with Crippen molar-refractivity contribution in [1.82, 2.24) is 14.8 Å². The minimum Gasteiger partial charge on any atom is -0.481 e. The molecule has 55 heavy (non-hydrogen) atoms. The molecule has 8 heteroatoms. The topological polar surface area (TPSA) is 100 Å². The number of aromatic nitrogens is 1. The number of carboxylic acid groups (broad SMARTS) is 1. The molecule has 1 heterocycles. The molecule has 1 N–H and O–H groups in total. The Morgan fingerprint density at radius 3 is 2.29 bits per heavy atom. The first kappa shape index (κ1) is 42.0. The average Bonchev–Trinajstić information content (AvgIpc) is 3.40. The quantitative estimate of drug-likeness (QED) is 0.199. The van der Waals surface area contributed by atoms with Crippen LogP contribution in [0.25, 0.3) is 0 Å². The zero-order chi connectivity index (χ0) is 40.4. The van der Waals surface area contributed by atoms with E-state index >= 15 is 0 Å². The van der Waals surface area contributed by atoms with Gasteiger partial charge in [0.25, 0.3) is 0 Å². The molecule has 0 bridgehead atoms. The van der Waals surface area contributed by atoms with Gasteiger partial charge in [-0.15, -0.1) is 0 Å². The van der Waals surface area contributed by atoms with Gasteiger partial charge in [-0.2, -0.15) is 0 Å². The summed E-state index contributed by atoms with van der Waals surface area (Å²) in [5.74, 6) is 0.634. The van der Waals surface area contributed by atoms with E-state index in [4.69, 9.17) is 4.74 Å². The van der Waals surface area contributed by atoms with Gasteiger partial charge in [0, 0.05) is 43.1 Å². The molecule has 6 rings (SSSR count). The third-order valence-corrected chi connectivity index (χ3v) is 16.8. The number of ketones is 1. The highest BCUT2D eigenvalue weighted by molar-refractivity contribution is 6.00. The molecule has 0 aromatic carbocycles. The van der Waals surface area contributed by atoms with E-state index in [1.54, 1.807) is 19.4 Å². The molecule has 4 saturated carbocycles. The zero-order valence-electron chi connectivity index (χ0n) is 36.2. The maximum Gasteiger partial charge on any atom is 0.309 e. The third kappa shape index (κ3) is 7.27. The molecular weight excluding hydrogens is 687 g/mol. The predicted octanol–water partition coefficient (Wildman–Crippen LogP) is 9.23. The van der Waals surface area contributed by atoms with Gasteiger partial charge in [0.05, 0.1) is 17.5 Å². The average molecular weight is 760 g/mol. The lowest BCUT2D eigenvalue weighted by Gasteiger charge is -2.72. The summed E-state index contributed by atoms with van der Waals surface area (Å²) in [5.41, 5.74) is 2.74. The van der Waals surface area contributed by atoms with Crippen molar-refractivity contribution in [2.45, 2.75) is 146 Å². The van der Waals surface area contributed by atoms with Crippen LogP contribution in [0, 0.1) is 56.2 Å². The Labute approximate surface area is 332 Å². The van der Waals surface area contributed by atoms with E-state index in [1.165, 1.54) is 6.42 Å². The van der Waals surface area contributed by atoms with Gasteiger partial charge < -0.3 is 14.7 Å². The molecule has 0 spiro atoms. The van der Waals surface area contributed by atoms with Crippen LogP contribution in [-0.4, -0.2) is 77.4 Å². The number of Topliss-reactive ketones (excluding diaryl/α,β-unsaturated/α-hetero) is 1. The van der Waals surface area contributed by atoms with Crippen molar-refractivity contribution < 1.29 is 24.2 Å². The van der Waals surface area contributed by atoms with Crippen LogP contribution in [0.4, 0.5) is 0 Å². The Hall–Kier alpha value is -2.58. The summed E-state index contributed by atoms with van der Waals surface area (Å²) in [5, 5.41) is 9.65. The lowest BCUT2D eigenvalue weighted by molar-refractivity contribution is -0.233. The van der Waals surface area contributed by atoms with E-state index in [2.05, 4.69) is 89.5 Å². The van der Waals surface area contributed by atoms with E-state index in [9.17, 15) is 19.5 Å². The van der Waals surface area contributed by atoms with Gasteiger partial charge in [0.2, 0.25) is 0 Å². The van der Waals surface area contributed by atoms with Gasteiger partial charge in [0.1, 0.15) is 6.10 Å². The van der Waals surface area contributed by atoms with E-state index in [0.29, 0.717) is 30.0 Å². The van der Waals surface area contributed by atoms with Gasteiger partial charge in [-0.1, -0.05) is 60.1 Å². The molecular formula is C47H73N3O5. The summed E-state index contributed by atoms with van der Waals surface area (Å²) in [4.78, 5) is 48.7. The second-order valence-electron chi connectivity index (χ2n) is 21.3. The number of esters is 1. The number of nitrogens with zero attached hydrogens (tertiary/aromatic N) is 3.